The first-order chi connectivity index (χ1) is 13.7. The van der Waals surface area contributed by atoms with E-state index in [4.69, 9.17) is 4.74 Å². The monoisotopic (exact) mass is 400 g/mol. The lowest BCUT2D eigenvalue weighted by molar-refractivity contribution is -0.119. The topological polar surface area (TPSA) is 69.0 Å². The second-order valence-electron chi connectivity index (χ2n) is 7.09. The van der Waals surface area contributed by atoms with Crippen molar-refractivity contribution in [2.75, 3.05) is 5.75 Å². The van der Waals surface area contributed by atoms with E-state index < -0.39 is 0 Å². The number of carbonyl (C=O) groups is 1. The SMILES string of the molecule is C=CCn1c(COc2ccc(C)cc2)nnc1SCC(=O)NC1CCCCC1. The minimum Gasteiger partial charge on any atom is -0.486 e. The van der Waals surface area contributed by atoms with E-state index in [-0.39, 0.29) is 5.91 Å². The fourth-order valence-corrected chi connectivity index (χ4v) is 4.05. The largest absolute Gasteiger partial charge is 0.486 e. The first kappa shape index (κ1) is 20.5. The maximum Gasteiger partial charge on any atom is 0.230 e. The van der Waals surface area contributed by atoms with Crippen molar-refractivity contribution in [3.63, 3.8) is 0 Å². The van der Waals surface area contributed by atoms with Gasteiger partial charge in [0.1, 0.15) is 12.4 Å². The summed E-state index contributed by atoms with van der Waals surface area (Å²) >= 11 is 1.40. The molecule has 1 amide bonds. The fourth-order valence-electron chi connectivity index (χ4n) is 3.27. The second-order valence-corrected chi connectivity index (χ2v) is 8.03. The summed E-state index contributed by atoms with van der Waals surface area (Å²) in [6, 6.07) is 8.22. The van der Waals surface area contributed by atoms with Gasteiger partial charge in [-0.1, -0.05) is 54.8 Å². The number of hydrogen-bond donors (Lipinski definition) is 1. The molecule has 150 valence electrons. The van der Waals surface area contributed by atoms with Gasteiger partial charge in [0.15, 0.2) is 11.0 Å². The van der Waals surface area contributed by atoms with Crippen LogP contribution in [0.5, 0.6) is 5.75 Å². The molecule has 0 aliphatic heterocycles. The summed E-state index contributed by atoms with van der Waals surface area (Å²) in [7, 11) is 0. The van der Waals surface area contributed by atoms with Crippen LogP contribution in [0.3, 0.4) is 0 Å². The number of nitrogens with one attached hydrogen (secondary N) is 1. The standard InChI is InChI=1S/C21H28N4O2S/c1-3-13-25-19(14-27-18-11-9-16(2)10-12-18)23-24-21(25)28-15-20(26)22-17-7-5-4-6-8-17/h3,9-12,17H,1,4-8,13-15H2,2H3,(H,22,26). The molecule has 1 heterocycles. The maximum absolute atomic E-state index is 12.3. The van der Waals surface area contributed by atoms with E-state index >= 15 is 0 Å². The van der Waals surface area contributed by atoms with Crippen molar-refractivity contribution in [2.24, 2.45) is 0 Å². The molecule has 0 bridgehead atoms. The molecule has 1 aromatic heterocycles. The van der Waals surface area contributed by atoms with Crippen LogP contribution in [0, 0.1) is 6.92 Å². The zero-order valence-electron chi connectivity index (χ0n) is 16.4. The molecule has 1 N–H and O–H groups in total. The third kappa shape index (κ3) is 5.86. The number of aryl methyl sites for hydroxylation is 1. The fraction of sp³-hybridized carbons (Fsp3) is 0.476. The highest BCUT2D eigenvalue weighted by Gasteiger charge is 2.18. The number of ether oxygens (including phenoxy) is 1. The molecule has 1 aliphatic carbocycles. The summed E-state index contributed by atoms with van der Waals surface area (Å²) in [5, 5.41) is 12.3. The van der Waals surface area contributed by atoms with E-state index in [1.54, 1.807) is 6.08 Å². The number of thioether (sulfide) groups is 1. The Morgan fingerprint density at radius 1 is 1.29 bits per heavy atom. The van der Waals surface area contributed by atoms with E-state index in [1.807, 2.05) is 35.8 Å². The number of carbonyl (C=O) groups excluding carboxylic acids is 1. The Bertz CT molecular complexity index is 782. The van der Waals surface area contributed by atoms with Crippen LogP contribution in [-0.4, -0.2) is 32.5 Å². The molecule has 0 saturated heterocycles. The molecular weight excluding hydrogens is 372 g/mol. The summed E-state index contributed by atoms with van der Waals surface area (Å²) in [5.41, 5.74) is 1.19. The molecule has 0 unspecified atom stereocenters. The van der Waals surface area contributed by atoms with E-state index in [1.165, 1.54) is 36.6 Å². The Balaban J connectivity index is 1.55. The summed E-state index contributed by atoms with van der Waals surface area (Å²) in [5.74, 6) is 1.91. The number of rotatable bonds is 9. The Kier molecular flexibility index (Phi) is 7.54. The average Bonchev–Trinajstić information content (AvgIpc) is 3.09. The van der Waals surface area contributed by atoms with Gasteiger partial charge in [-0.3, -0.25) is 9.36 Å². The van der Waals surface area contributed by atoms with Crippen molar-refractivity contribution in [3.05, 3.63) is 48.3 Å². The normalized spacial score (nSPS) is 14.6. The number of nitrogens with zero attached hydrogens (tertiary/aromatic N) is 3. The molecule has 3 rings (SSSR count). The zero-order chi connectivity index (χ0) is 19.8. The van der Waals surface area contributed by atoms with Gasteiger partial charge < -0.3 is 10.1 Å². The van der Waals surface area contributed by atoms with Crippen LogP contribution in [-0.2, 0) is 17.9 Å². The van der Waals surface area contributed by atoms with Gasteiger partial charge in [-0.25, -0.2) is 0 Å². The maximum atomic E-state index is 12.3. The van der Waals surface area contributed by atoms with Crippen molar-refractivity contribution in [1.82, 2.24) is 20.1 Å². The molecule has 0 spiro atoms. The van der Waals surface area contributed by atoms with E-state index in [9.17, 15) is 4.79 Å². The average molecular weight is 401 g/mol. The van der Waals surface area contributed by atoms with Gasteiger partial charge in [0.05, 0.1) is 5.75 Å². The summed E-state index contributed by atoms with van der Waals surface area (Å²) < 4.78 is 7.77. The molecule has 1 saturated carbocycles. The van der Waals surface area contributed by atoms with Crippen LogP contribution >= 0.6 is 11.8 Å². The van der Waals surface area contributed by atoms with Crippen LogP contribution < -0.4 is 10.1 Å². The van der Waals surface area contributed by atoms with Crippen LogP contribution in [0.25, 0.3) is 0 Å². The quantitative estimate of drug-likeness (QED) is 0.511. The van der Waals surface area contributed by atoms with Gasteiger partial charge in [0, 0.05) is 12.6 Å². The van der Waals surface area contributed by atoms with Crippen molar-refractivity contribution in [3.8, 4) is 5.75 Å². The predicted molar refractivity (Wildman–Crippen MR) is 111 cm³/mol. The first-order valence-corrected chi connectivity index (χ1v) is 10.8. The number of aromatic nitrogens is 3. The number of hydrogen-bond acceptors (Lipinski definition) is 5. The van der Waals surface area contributed by atoms with Gasteiger partial charge in [0.2, 0.25) is 5.91 Å². The Morgan fingerprint density at radius 2 is 2.04 bits per heavy atom. The zero-order valence-corrected chi connectivity index (χ0v) is 17.2. The minimum atomic E-state index is 0.0579. The molecule has 1 aliphatic rings. The molecule has 2 aromatic rings. The highest BCUT2D eigenvalue weighted by molar-refractivity contribution is 7.99. The van der Waals surface area contributed by atoms with Crippen LogP contribution in [0.2, 0.25) is 0 Å². The molecular formula is C21H28N4O2S. The lowest BCUT2D eigenvalue weighted by Gasteiger charge is -2.22. The van der Waals surface area contributed by atoms with Crippen molar-refractivity contribution in [1.29, 1.82) is 0 Å². The van der Waals surface area contributed by atoms with Crippen molar-refractivity contribution < 1.29 is 9.53 Å². The lowest BCUT2D eigenvalue weighted by Crippen LogP contribution is -2.37. The second kappa shape index (κ2) is 10.3. The Labute approximate surface area is 170 Å². The third-order valence-electron chi connectivity index (χ3n) is 4.80. The smallest absolute Gasteiger partial charge is 0.230 e. The highest BCUT2D eigenvalue weighted by Crippen LogP contribution is 2.20. The molecule has 6 nitrogen and oxygen atoms in total. The first-order valence-electron chi connectivity index (χ1n) is 9.80. The summed E-state index contributed by atoms with van der Waals surface area (Å²) in [4.78, 5) is 12.3. The van der Waals surface area contributed by atoms with Crippen LogP contribution in [0.15, 0.2) is 42.1 Å². The Hall–Kier alpha value is -2.28. The molecule has 1 aromatic carbocycles. The molecule has 0 atom stereocenters. The number of allylic oxidation sites excluding steroid dienone is 1. The number of amides is 1. The van der Waals surface area contributed by atoms with Gasteiger partial charge in [0.25, 0.3) is 0 Å². The third-order valence-corrected chi connectivity index (χ3v) is 5.76. The molecule has 0 radical (unpaired) electrons. The molecule has 28 heavy (non-hydrogen) atoms. The van der Waals surface area contributed by atoms with E-state index in [0.29, 0.717) is 30.1 Å². The molecule has 7 heteroatoms. The Morgan fingerprint density at radius 3 is 2.75 bits per heavy atom. The number of benzene rings is 1. The van der Waals surface area contributed by atoms with Gasteiger partial charge >= 0.3 is 0 Å². The van der Waals surface area contributed by atoms with E-state index in [0.717, 1.165) is 24.4 Å². The van der Waals surface area contributed by atoms with Gasteiger partial charge in [-0.15, -0.1) is 16.8 Å². The van der Waals surface area contributed by atoms with Crippen molar-refractivity contribution in [2.45, 2.75) is 63.4 Å². The van der Waals surface area contributed by atoms with Crippen LogP contribution in [0.4, 0.5) is 0 Å². The molecule has 1 fully saturated rings. The summed E-state index contributed by atoms with van der Waals surface area (Å²) in [6.45, 7) is 6.75. The summed E-state index contributed by atoms with van der Waals surface area (Å²) in [6.07, 6.45) is 7.66. The van der Waals surface area contributed by atoms with E-state index in [2.05, 4.69) is 22.1 Å². The minimum absolute atomic E-state index is 0.0579. The van der Waals surface area contributed by atoms with Crippen LogP contribution in [0.1, 0.15) is 43.5 Å². The van der Waals surface area contributed by atoms with Crippen molar-refractivity contribution >= 4 is 17.7 Å². The predicted octanol–water partition coefficient (Wildman–Crippen LogP) is 3.89. The highest BCUT2D eigenvalue weighted by atomic mass is 32.2. The van der Waals surface area contributed by atoms with Gasteiger partial charge in [-0.05, 0) is 31.9 Å². The van der Waals surface area contributed by atoms with Gasteiger partial charge in [-0.2, -0.15) is 0 Å². The lowest BCUT2D eigenvalue weighted by atomic mass is 9.95.